The van der Waals surface area contributed by atoms with Crippen molar-refractivity contribution in [3.8, 4) is 39.4 Å². The minimum absolute atomic E-state index is 0.0167. The molecule has 5 aromatic carbocycles. The number of carboxylic acid groups (broad SMARTS) is 3. The Kier molecular flexibility index (Phi) is 25.4. The Morgan fingerprint density at radius 2 is 1.06 bits per heavy atom. The van der Waals surface area contributed by atoms with Crippen molar-refractivity contribution in [2.45, 2.75) is 137 Å². The van der Waals surface area contributed by atoms with E-state index in [0.29, 0.717) is 58.2 Å². The van der Waals surface area contributed by atoms with Gasteiger partial charge in [-0.2, -0.15) is 5.26 Å². The molecule has 0 aliphatic rings. The van der Waals surface area contributed by atoms with E-state index in [1.165, 1.54) is 56.7 Å². The van der Waals surface area contributed by atoms with Gasteiger partial charge in [-0.25, -0.2) is 0 Å². The third kappa shape index (κ3) is 19.3. The summed E-state index contributed by atoms with van der Waals surface area (Å²) in [5.41, 5.74) is 10.8. The van der Waals surface area contributed by atoms with Crippen LogP contribution in [0, 0.1) is 57.8 Å². The lowest BCUT2D eigenvalue weighted by molar-refractivity contribution is -0.139. The second kappa shape index (κ2) is 34.6. The molecule has 4 aromatic heterocycles. The van der Waals surface area contributed by atoms with Crippen molar-refractivity contribution >= 4 is 35.6 Å². The molecule has 0 aliphatic heterocycles. The van der Waals surface area contributed by atoms with E-state index < -0.39 is 102 Å². The number of hydrogen-bond acceptors (Lipinski definition) is 12. The molecule has 103 heavy (non-hydrogen) atoms. The maximum Gasteiger partial charge on any atom is 0.305 e. The number of carboxylic acids is 3. The quantitative estimate of drug-likeness (QED) is 0.0214. The number of pyridine rings is 4. The van der Waals surface area contributed by atoms with E-state index in [1.807, 2.05) is 115 Å². The normalized spacial score (nSPS) is 13.3. The molecule has 7 atom stereocenters. The number of hydrogen-bond donors (Lipinski definition) is 6. The summed E-state index contributed by atoms with van der Waals surface area (Å²) in [7, 11) is 0. The highest BCUT2D eigenvalue weighted by Crippen LogP contribution is 2.37. The van der Waals surface area contributed by atoms with Gasteiger partial charge in [0, 0.05) is 60.3 Å². The van der Waals surface area contributed by atoms with Gasteiger partial charge < -0.3 is 49.7 Å². The number of carbonyl (C=O) groups is 6. The summed E-state index contributed by atoms with van der Waals surface area (Å²) in [6.07, 6.45) is 7.46. The standard InChI is InChI=1S/C82H86N8O13/c1-49(2)35-69(88-31-13-11-23-72(88)91)80(100)87-68(44-77(98)99)62-40-63(47-84-46-62)79-53(6)18-15-19-56(79)30-34-103-48-71(90-33-29-50(3)38-74(90)93)82(102)86-66(42-75(94)95)58-20-16-21-60(39-58)78-54(7)25-26-57(55(78)8)36-51(4)37-70(89-32-14-12-24-73(89)92)81(101)85-67(43-76(96)97)59-27-28-61(45-83)65(41-59)64-22-10-9-17-52(64)5/h9-29,31-33,38-41,46-47,49,51,66-71H,30,34-37,42-44,48H2,1-8H3,(H,85,101)(H,86,102)(H,87,100)(H,94,95)(H,96,97)(H,98,99)/t51?,66-,67-,68-,69+,70?,71-/m0/s1. The molecule has 3 amide bonds. The van der Waals surface area contributed by atoms with Crippen molar-refractivity contribution in [1.82, 2.24) is 34.6 Å². The van der Waals surface area contributed by atoms with Gasteiger partial charge >= 0.3 is 17.9 Å². The average molecular weight is 1390 g/mol. The monoisotopic (exact) mass is 1390 g/mol. The van der Waals surface area contributed by atoms with Crippen molar-refractivity contribution in [2.24, 2.45) is 11.8 Å². The van der Waals surface area contributed by atoms with Crippen LogP contribution in [0.3, 0.4) is 0 Å². The fraction of sp³-hybridized carbons (Fsp3) is 0.305. The Morgan fingerprint density at radius 1 is 0.505 bits per heavy atom. The van der Waals surface area contributed by atoms with Crippen LogP contribution >= 0.6 is 0 Å². The molecule has 21 heteroatoms. The van der Waals surface area contributed by atoms with Gasteiger partial charge in [-0.1, -0.05) is 112 Å². The number of nitriles is 1. The van der Waals surface area contributed by atoms with E-state index in [9.17, 15) is 63.7 Å². The van der Waals surface area contributed by atoms with Gasteiger partial charge in [-0.3, -0.25) is 48.1 Å². The van der Waals surface area contributed by atoms with E-state index >= 15 is 0 Å². The van der Waals surface area contributed by atoms with Gasteiger partial charge in [-0.05, 0) is 192 Å². The molecular formula is C82H86N8O13. The molecule has 0 spiro atoms. The summed E-state index contributed by atoms with van der Waals surface area (Å²) >= 11 is 0. The van der Waals surface area contributed by atoms with Crippen LogP contribution in [0.5, 0.6) is 0 Å². The number of aliphatic carboxylic acids is 3. The first kappa shape index (κ1) is 75.6. The molecule has 0 bridgehead atoms. The number of ether oxygens (including phenoxy) is 1. The number of aryl methyl sites for hydroxylation is 4. The molecule has 0 saturated carbocycles. The van der Waals surface area contributed by atoms with Crippen molar-refractivity contribution in [1.29, 1.82) is 5.26 Å². The van der Waals surface area contributed by atoms with E-state index in [-0.39, 0.29) is 37.0 Å². The summed E-state index contributed by atoms with van der Waals surface area (Å²) in [6.45, 7) is 15.1. The third-order valence-corrected chi connectivity index (χ3v) is 18.7. The van der Waals surface area contributed by atoms with Crippen molar-refractivity contribution < 1.29 is 48.8 Å². The minimum atomic E-state index is -1.27. The summed E-state index contributed by atoms with van der Waals surface area (Å²) in [4.78, 5) is 126. The number of nitrogens with one attached hydrogen (secondary N) is 3. The molecule has 0 fully saturated rings. The number of rotatable bonds is 32. The fourth-order valence-electron chi connectivity index (χ4n) is 13.5. The highest BCUT2D eigenvalue weighted by atomic mass is 16.5. The fourth-order valence-corrected chi connectivity index (χ4v) is 13.5. The topological polar surface area (TPSA) is 311 Å². The molecule has 4 heterocycles. The SMILES string of the molecule is Cc1ccn([C@@H](COCCc2cccc(C)c2-c2cncc([C@H](CC(=O)O)NC(=O)[C@@H](CC(C)C)n3ccccc3=O)c2)C(=O)N[C@@H](CC(=O)O)c2cccc(-c3c(C)ccc(CC(C)CC(C(=O)N[C@@H](CC(=O)O)c4ccc(C#N)c(-c5ccccc5C)c4)n4ccccc4=O)c3C)c2)c(=O)c1. The molecule has 0 aliphatic carbocycles. The number of amides is 3. The van der Waals surface area contributed by atoms with E-state index in [4.69, 9.17) is 4.74 Å². The minimum Gasteiger partial charge on any atom is -0.481 e. The first-order chi connectivity index (χ1) is 49.3. The average Bonchev–Trinajstić information content (AvgIpc) is 0.803. The molecule has 0 radical (unpaired) electrons. The first-order valence-corrected chi connectivity index (χ1v) is 34.3. The highest BCUT2D eigenvalue weighted by molar-refractivity contribution is 5.84. The van der Waals surface area contributed by atoms with Crippen LogP contribution in [-0.4, -0.2) is 82.8 Å². The molecule has 0 saturated heterocycles. The lowest BCUT2D eigenvalue weighted by atomic mass is 9.86. The summed E-state index contributed by atoms with van der Waals surface area (Å²) in [6, 6.07) is 39.3. The molecular weight excluding hydrogens is 1300 g/mol. The van der Waals surface area contributed by atoms with Gasteiger partial charge in [0.05, 0.1) is 62.2 Å². The van der Waals surface area contributed by atoms with Crippen molar-refractivity contribution in [3.05, 3.63) is 275 Å². The number of benzene rings is 5. The maximum absolute atomic E-state index is 14.9. The van der Waals surface area contributed by atoms with Crippen LogP contribution in [0.15, 0.2) is 197 Å². The first-order valence-electron chi connectivity index (χ1n) is 34.3. The zero-order valence-electron chi connectivity index (χ0n) is 59.0. The lowest BCUT2D eigenvalue weighted by Gasteiger charge is -2.27. The second-order valence-electron chi connectivity index (χ2n) is 26.9. The van der Waals surface area contributed by atoms with Crippen LogP contribution < -0.4 is 32.6 Å². The Morgan fingerprint density at radius 3 is 1.66 bits per heavy atom. The molecule has 9 aromatic rings. The van der Waals surface area contributed by atoms with E-state index in [0.717, 1.165) is 55.6 Å². The van der Waals surface area contributed by atoms with Crippen molar-refractivity contribution in [2.75, 3.05) is 13.2 Å². The number of nitrogens with zero attached hydrogens (tertiary/aromatic N) is 5. The Hall–Kier alpha value is -11.6. The van der Waals surface area contributed by atoms with E-state index in [2.05, 4.69) is 27.0 Å². The molecule has 21 nitrogen and oxygen atoms in total. The Labute approximate surface area is 597 Å². The largest absolute Gasteiger partial charge is 0.481 e. The van der Waals surface area contributed by atoms with Gasteiger partial charge in [0.15, 0.2) is 0 Å². The zero-order chi connectivity index (χ0) is 74.2. The zero-order valence-corrected chi connectivity index (χ0v) is 59.0. The van der Waals surface area contributed by atoms with Crippen molar-refractivity contribution in [3.63, 3.8) is 0 Å². The smallest absolute Gasteiger partial charge is 0.305 e. The summed E-state index contributed by atoms with van der Waals surface area (Å²) in [5.74, 6) is -5.53. The van der Waals surface area contributed by atoms with Crippen LogP contribution in [0.4, 0.5) is 0 Å². The molecule has 532 valence electrons. The molecule has 6 N–H and O–H groups in total. The van der Waals surface area contributed by atoms with Gasteiger partial charge in [-0.15, -0.1) is 0 Å². The predicted molar refractivity (Wildman–Crippen MR) is 392 cm³/mol. The van der Waals surface area contributed by atoms with Gasteiger partial charge in [0.25, 0.3) is 16.7 Å². The Balaban J connectivity index is 0.927. The lowest BCUT2D eigenvalue weighted by Crippen LogP contribution is -2.41. The second-order valence-corrected chi connectivity index (χ2v) is 26.9. The van der Waals surface area contributed by atoms with Crippen LogP contribution in [-0.2, 0) is 46.3 Å². The van der Waals surface area contributed by atoms with Crippen LogP contribution in [0.2, 0.25) is 0 Å². The van der Waals surface area contributed by atoms with Gasteiger partial charge in [0.2, 0.25) is 17.7 Å². The summed E-state index contributed by atoms with van der Waals surface area (Å²) in [5, 5.41) is 49.6. The van der Waals surface area contributed by atoms with Gasteiger partial charge in [0.1, 0.15) is 18.1 Å². The Bertz CT molecular complexity index is 4850. The predicted octanol–water partition coefficient (Wildman–Crippen LogP) is 12.2. The third-order valence-electron chi connectivity index (χ3n) is 18.7. The summed E-state index contributed by atoms with van der Waals surface area (Å²) < 4.78 is 10.3. The maximum atomic E-state index is 14.9. The van der Waals surface area contributed by atoms with Crippen LogP contribution in [0.1, 0.15) is 150 Å². The highest BCUT2D eigenvalue weighted by Gasteiger charge is 2.32. The van der Waals surface area contributed by atoms with E-state index in [1.54, 1.807) is 79.9 Å². The van der Waals surface area contributed by atoms with Crippen LogP contribution in [0.25, 0.3) is 33.4 Å². The molecule has 9 rings (SSSR count). The number of carbonyl (C=O) groups excluding carboxylic acids is 3. The number of aromatic nitrogens is 4. The molecule has 2 unspecified atom stereocenters.